The first-order valence-electron chi connectivity index (χ1n) is 7.36. The van der Waals surface area contributed by atoms with Gasteiger partial charge in [-0.25, -0.2) is 8.42 Å². The molecule has 9 heteroatoms. The van der Waals surface area contributed by atoms with Crippen LogP contribution >= 0.6 is 0 Å². The van der Waals surface area contributed by atoms with Gasteiger partial charge in [0.2, 0.25) is 15.9 Å². The van der Waals surface area contributed by atoms with E-state index in [1.54, 1.807) is 12.1 Å². The molecule has 1 aliphatic heterocycles. The Kier molecular flexibility index (Phi) is 5.58. The molecule has 0 saturated carbocycles. The van der Waals surface area contributed by atoms with Gasteiger partial charge in [-0.1, -0.05) is 17.7 Å². The number of hydrogen-bond acceptors (Lipinski definition) is 6. The topological polar surface area (TPSA) is 122 Å². The summed E-state index contributed by atoms with van der Waals surface area (Å²) in [5.74, 6) is -2.31. The van der Waals surface area contributed by atoms with Crippen molar-refractivity contribution in [1.29, 1.82) is 0 Å². The Balaban J connectivity index is 2.27. The van der Waals surface area contributed by atoms with Gasteiger partial charge in [0.05, 0.1) is 30.6 Å². The SMILES string of the molecule is COC(=O)C(NS(=O)(=O)c1ccc(C)cc1)[C@@H]1C[C@@H](CO)NC1=O. The van der Waals surface area contributed by atoms with Crippen molar-refractivity contribution in [1.82, 2.24) is 10.0 Å². The van der Waals surface area contributed by atoms with Crippen molar-refractivity contribution in [2.24, 2.45) is 5.92 Å². The Morgan fingerprint density at radius 3 is 2.54 bits per heavy atom. The van der Waals surface area contributed by atoms with E-state index in [0.717, 1.165) is 12.7 Å². The number of aryl methyl sites for hydroxylation is 1. The number of aliphatic hydroxyl groups excluding tert-OH is 1. The molecule has 1 saturated heterocycles. The zero-order valence-corrected chi connectivity index (χ0v) is 14.2. The summed E-state index contributed by atoms with van der Waals surface area (Å²) in [6, 6.07) is 4.21. The van der Waals surface area contributed by atoms with Crippen LogP contribution < -0.4 is 10.0 Å². The highest BCUT2D eigenvalue weighted by atomic mass is 32.2. The first-order valence-corrected chi connectivity index (χ1v) is 8.85. The number of ether oxygens (including phenoxy) is 1. The quantitative estimate of drug-likeness (QED) is 0.580. The van der Waals surface area contributed by atoms with Crippen molar-refractivity contribution in [3.8, 4) is 0 Å². The molecule has 132 valence electrons. The summed E-state index contributed by atoms with van der Waals surface area (Å²) in [6.45, 7) is 1.53. The lowest BCUT2D eigenvalue weighted by molar-refractivity contribution is -0.146. The van der Waals surface area contributed by atoms with Crippen LogP contribution in [-0.2, 0) is 24.3 Å². The highest BCUT2D eigenvalue weighted by Gasteiger charge is 2.43. The van der Waals surface area contributed by atoms with Crippen LogP contribution in [0.1, 0.15) is 12.0 Å². The smallest absolute Gasteiger partial charge is 0.324 e. The van der Waals surface area contributed by atoms with E-state index in [1.807, 2.05) is 6.92 Å². The Labute approximate surface area is 140 Å². The maximum atomic E-state index is 12.5. The van der Waals surface area contributed by atoms with Crippen LogP contribution in [0, 0.1) is 12.8 Å². The standard InChI is InChI=1S/C15H20N2O6S/c1-9-3-5-11(6-4-9)24(21,22)17-13(15(20)23-2)12-7-10(8-18)16-14(12)19/h3-6,10,12-13,17-18H,7-8H2,1-2H3,(H,16,19)/t10-,12-,13?/m0/s1. The minimum absolute atomic E-state index is 0.0147. The number of carbonyl (C=O) groups is 2. The monoisotopic (exact) mass is 356 g/mol. The van der Waals surface area contributed by atoms with Gasteiger partial charge in [0.1, 0.15) is 6.04 Å². The molecule has 1 aromatic carbocycles. The van der Waals surface area contributed by atoms with Gasteiger partial charge in [-0.2, -0.15) is 4.72 Å². The molecule has 2 rings (SSSR count). The third-order valence-electron chi connectivity index (χ3n) is 3.91. The van der Waals surface area contributed by atoms with Gasteiger partial charge < -0.3 is 15.2 Å². The van der Waals surface area contributed by atoms with E-state index in [0.29, 0.717) is 0 Å². The number of hydrogen-bond donors (Lipinski definition) is 3. The molecule has 1 fully saturated rings. The normalized spacial score (nSPS) is 22.0. The third-order valence-corrected chi connectivity index (χ3v) is 5.37. The number of benzene rings is 1. The number of methoxy groups -OCH3 is 1. The number of amides is 1. The number of esters is 1. The molecule has 1 aromatic rings. The summed E-state index contributed by atoms with van der Waals surface area (Å²) < 4.78 is 31.9. The lowest BCUT2D eigenvalue weighted by Gasteiger charge is -2.20. The molecule has 1 amide bonds. The van der Waals surface area contributed by atoms with E-state index in [-0.39, 0.29) is 17.9 Å². The van der Waals surface area contributed by atoms with Gasteiger partial charge >= 0.3 is 5.97 Å². The zero-order valence-electron chi connectivity index (χ0n) is 13.4. The van der Waals surface area contributed by atoms with Crippen LogP contribution in [0.2, 0.25) is 0 Å². The summed E-state index contributed by atoms with van der Waals surface area (Å²) in [4.78, 5) is 24.0. The minimum Gasteiger partial charge on any atom is -0.468 e. The van der Waals surface area contributed by atoms with Crippen LogP contribution in [-0.4, -0.2) is 51.2 Å². The Bertz CT molecular complexity index is 716. The van der Waals surface area contributed by atoms with Gasteiger partial charge in [-0.05, 0) is 25.5 Å². The van der Waals surface area contributed by atoms with Crippen LogP contribution in [0.25, 0.3) is 0 Å². The Morgan fingerprint density at radius 2 is 2.04 bits per heavy atom. The number of rotatable bonds is 6. The van der Waals surface area contributed by atoms with Crippen molar-refractivity contribution < 1.29 is 27.9 Å². The fraction of sp³-hybridized carbons (Fsp3) is 0.467. The summed E-state index contributed by atoms with van der Waals surface area (Å²) in [6.07, 6.45) is 0.130. The largest absolute Gasteiger partial charge is 0.468 e. The Hall–Kier alpha value is -1.97. The fourth-order valence-electron chi connectivity index (χ4n) is 2.56. The predicted molar refractivity (Wildman–Crippen MR) is 84.4 cm³/mol. The molecule has 24 heavy (non-hydrogen) atoms. The summed E-state index contributed by atoms with van der Waals surface area (Å²) in [5.41, 5.74) is 0.888. The third kappa shape index (κ3) is 3.92. The number of aliphatic hydroxyl groups is 1. The highest BCUT2D eigenvalue weighted by molar-refractivity contribution is 7.89. The van der Waals surface area contributed by atoms with Crippen molar-refractivity contribution in [2.45, 2.75) is 30.3 Å². The van der Waals surface area contributed by atoms with E-state index in [9.17, 15) is 18.0 Å². The molecular weight excluding hydrogens is 336 g/mol. The van der Waals surface area contributed by atoms with Gasteiger partial charge in [-0.15, -0.1) is 0 Å². The second-order valence-corrected chi connectivity index (χ2v) is 7.38. The molecule has 3 N–H and O–H groups in total. The van der Waals surface area contributed by atoms with E-state index in [1.165, 1.54) is 12.1 Å². The van der Waals surface area contributed by atoms with Gasteiger partial charge in [0.25, 0.3) is 0 Å². The van der Waals surface area contributed by atoms with Crippen LogP contribution in [0.15, 0.2) is 29.2 Å². The van der Waals surface area contributed by atoms with Gasteiger partial charge in [-0.3, -0.25) is 9.59 Å². The number of sulfonamides is 1. The van der Waals surface area contributed by atoms with E-state index < -0.39 is 39.9 Å². The second kappa shape index (κ2) is 7.29. The lowest BCUT2D eigenvalue weighted by Crippen LogP contribution is -2.48. The van der Waals surface area contributed by atoms with Gasteiger partial charge in [0.15, 0.2) is 0 Å². The number of carbonyl (C=O) groups excluding carboxylic acids is 2. The van der Waals surface area contributed by atoms with Crippen molar-refractivity contribution in [2.75, 3.05) is 13.7 Å². The fourth-order valence-corrected chi connectivity index (χ4v) is 3.79. The lowest BCUT2D eigenvalue weighted by atomic mass is 9.97. The highest BCUT2D eigenvalue weighted by Crippen LogP contribution is 2.22. The molecule has 1 aliphatic rings. The molecule has 0 bridgehead atoms. The maximum Gasteiger partial charge on any atom is 0.324 e. The molecular formula is C15H20N2O6S. The average molecular weight is 356 g/mol. The predicted octanol–water partition coefficient (Wildman–Crippen LogP) is -0.688. The van der Waals surface area contributed by atoms with E-state index in [4.69, 9.17) is 5.11 Å². The first kappa shape index (κ1) is 18.4. The summed E-state index contributed by atoms with van der Waals surface area (Å²) >= 11 is 0. The van der Waals surface area contributed by atoms with Crippen molar-refractivity contribution >= 4 is 21.9 Å². The molecule has 1 heterocycles. The molecule has 1 unspecified atom stereocenters. The maximum absolute atomic E-state index is 12.5. The van der Waals surface area contributed by atoms with Crippen molar-refractivity contribution in [3.63, 3.8) is 0 Å². The van der Waals surface area contributed by atoms with Crippen LogP contribution in [0.5, 0.6) is 0 Å². The van der Waals surface area contributed by atoms with E-state index >= 15 is 0 Å². The molecule has 3 atom stereocenters. The zero-order chi connectivity index (χ0) is 17.9. The molecule has 0 aliphatic carbocycles. The first-order chi connectivity index (χ1) is 11.3. The number of nitrogens with one attached hydrogen (secondary N) is 2. The molecule has 0 radical (unpaired) electrons. The van der Waals surface area contributed by atoms with Crippen molar-refractivity contribution in [3.05, 3.63) is 29.8 Å². The molecule has 0 aromatic heterocycles. The van der Waals surface area contributed by atoms with Crippen LogP contribution in [0.4, 0.5) is 0 Å². The average Bonchev–Trinajstić information content (AvgIpc) is 2.93. The Morgan fingerprint density at radius 1 is 1.42 bits per heavy atom. The second-order valence-electron chi connectivity index (χ2n) is 5.67. The molecule has 0 spiro atoms. The summed E-state index contributed by atoms with van der Waals surface area (Å²) in [7, 11) is -2.89. The van der Waals surface area contributed by atoms with Crippen LogP contribution in [0.3, 0.4) is 0 Å². The molecule has 8 nitrogen and oxygen atoms in total. The minimum atomic E-state index is -4.01. The van der Waals surface area contributed by atoms with E-state index in [2.05, 4.69) is 14.8 Å². The van der Waals surface area contributed by atoms with Gasteiger partial charge in [0, 0.05) is 0 Å². The summed E-state index contributed by atoms with van der Waals surface area (Å²) in [5, 5.41) is 11.7.